The molecule has 1 unspecified atom stereocenters. The summed E-state index contributed by atoms with van der Waals surface area (Å²) in [6, 6.07) is 8.95. The molecule has 0 spiro atoms. The fourth-order valence-corrected chi connectivity index (χ4v) is 1.69. The number of hydrogen-bond acceptors (Lipinski definition) is 3. The largest absolute Gasteiger partial charge is 0.321 e. The minimum absolute atomic E-state index is 0.0354. The van der Waals surface area contributed by atoms with E-state index < -0.39 is 6.04 Å². The number of nitrogens with zero attached hydrogens (tertiary/aromatic N) is 1. The van der Waals surface area contributed by atoms with Crippen LogP contribution in [-0.4, -0.2) is 16.8 Å². The molecule has 0 saturated heterocycles. The van der Waals surface area contributed by atoms with E-state index in [1.807, 2.05) is 31.2 Å². The molecule has 2 aromatic rings. The maximum absolute atomic E-state index is 12.0. The molecule has 3 heteroatoms. The molecule has 0 aliphatic carbocycles. The molecule has 2 N–H and O–H groups in total. The van der Waals surface area contributed by atoms with Gasteiger partial charge in [0.25, 0.3) is 0 Å². The highest BCUT2D eigenvalue weighted by atomic mass is 16.1. The number of carbonyl (C=O) groups is 1. The first-order chi connectivity index (χ1) is 7.74. The summed E-state index contributed by atoms with van der Waals surface area (Å²) in [6.45, 7) is 1.90. The van der Waals surface area contributed by atoms with Gasteiger partial charge in [0.1, 0.15) is 0 Å². The molecule has 2 rings (SSSR count). The highest BCUT2D eigenvalue weighted by Gasteiger charge is 2.16. The van der Waals surface area contributed by atoms with Crippen LogP contribution in [-0.2, 0) is 0 Å². The first kappa shape index (κ1) is 10.8. The Morgan fingerprint density at radius 1 is 1.38 bits per heavy atom. The monoisotopic (exact) mass is 214 g/mol. The summed E-state index contributed by atoms with van der Waals surface area (Å²) in [7, 11) is 0. The third-order valence-electron chi connectivity index (χ3n) is 2.67. The molecular weight excluding hydrogens is 200 g/mol. The number of ketones is 1. The summed E-state index contributed by atoms with van der Waals surface area (Å²) in [5.74, 6) is -0.0354. The Kier molecular flexibility index (Phi) is 2.97. The Hall–Kier alpha value is -1.74. The van der Waals surface area contributed by atoms with Gasteiger partial charge >= 0.3 is 0 Å². The lowest BCUT2D eigenvalue weighted by atomic mass is 10.00. The van der Waals surface area contributed by atoms with Crippen LogP contribution in [0.1, 0.15) is 23.7 Å². The van der Waals surface area contributed by atoms with E-state index in [0.29, 0.717) is 12.0 Å². The number of benzene rings is 1. The van der Waals surface area contributed by atoms with Crippen molar-refractivity contribution in [2.45, 2.75) is 19.4 Å². The average Bonchev–Trinajstić information content (AvgIpc) is 2.36. The zero-order chi connectivity index (χ0) is 11.5. The van der Waals surface area contributed by atoms with Crippen molar-refractivity contribution in [1.82, 2.24) is 4.98 Å². The standard InChI is InChI=1S/C13H14N2O/c1-2-11(14)13(16)10-7-3-5-9-6-4-8-15-12(9)10/h3-8,11H,2,14H2,1H3. The maximum atomic E-state index is 12.0. The van der Waals surface area contributed by atoms with Crippen LogP contribution in [0.3, 0.4) is 0 Å². The molecule has 0 fully saturated rings. The van der Waals surface area contributed by atoms with E-state index in [1.54, 1.807) is 12.3 Å². The Morgan fingerprint density at radius 2 is 2.12 bits per heavy atom. The number of pyridine rings is 1. The number of para-hydroxylation sites is 1. The molecule has 1 heterocycles. The minimum atomic E-state index is -0.437. The van der Waals surface area contributed by atoms with Crippen molar-refractivity contribution in [3.63, 3.8) is 0 Å². The fourth-order valence-electron chi connectivity index (χ4n) is 1.69. The van der Waals surface area contributed by atoms with Crippen LogP contribution in [0.5, 0.6) is 0 Å². The number of rotatable bonds is 3. The van der Waals surface area contributed by atoms with Gasteiger partial charge in [0.2, 0.25) is 0 Å². The van der Waals surface area contributed by atoms with Crippen LogP contribution in [0.25, 0.3) is 10.9 Å². The second-order valence-electron chi connectivity index (χ2n) is 3.76. The molecule has 0 saturated carbocycles. The number of hydrogen-bond donors (Lipinski definition) is 1. The minimum Gasteiger partial charge on any atom is -0.321 e. The number of aromatic nitrogens is 1. The van der Waals surface area contributed by atoms with E-state index in [1.165, 1.54) is 0 Å². The highest BCUT2D eigenvalue weighted by Crippen LogP contribution is 2.17. The summed E-state index contributed by atoms with van der Waals surface area (Å²) in [5.41, 5.74) is 7.12. The normalized spacial score (nSPS) is 12.6. The summed E-state index contributed by atoms with van der Waals surface area (Å²) < 4.78 is 0. The molecular formula is C13H14N2O. The summed E-state index contributed by atoms with van der Waals surface area (Å²) >= 11 is 0. The van der Waals surface area contributed by atoms with Gasteiger partial charge in [0, 0.05) is 17.1 Å². The molecule has 1 aromatic heterocycles. The number of fused-ring (bicyclic) bond motifs is 1. The molecule has 0 bridgehead atoms. The maximum Gasteiger partial charge on any atom is 0.181 e. The number of carbonyl (C=O) groups excluding carboxylic acids is 1. The molecule has 82 valence electrons. The van der Waals surface area contributed by atoms with Crippen LogP contribution in [0.15, 0.2) is 36.5 Å². The van der Waals surface area contributed by atoms with Gasteiger partial charge < -0.3 is 5.73 Å². The molecule has 1 atom stereocenters. The smallest absolute Gasteiger partial charge is 0.181 e. The zero-order valence-corrected chi connectivity index (χ0v) is 9.18. The van der Waals surface area contributed by atoms with Gasteiger partial charge in [-0.3, -0.25) is 9.78 Å². The zero-order valence-electron chi connectivity index (χ0n) is 9.18. The van der Waals surface area contributed by atoms with Crippen molar-refractivity contribution in [3.8, 4) is 0 Å². The lowest BCUT2D eigenvalue weighted by Gasteiger charge is -2.09. The highest BCUT2D eigenvalue weighted by molar-refractivity contribution is 6.09. The predicted octanol–water partition coefficient (Wildman–Crippen LogP) is 2.15. The van der Waals surface area contributed by atoms with Crippen LogP contribution in [0, 0.1) is 0 Å². The predicted molar refractivity (Wildman–Crippen MR) is 64.3 cm³/mol. The van der Waals surface area contributed by atoms with Gasteiger partial charge in [-0.15, -0.1) is 0 Å². The van der Waals surface area contributed by atoms with Crippen molar-refractivity contribution in [2.24, 2.45) is 5.73 Å². The lowest BCUT2D eigenvalue weighted by molar-refractivity contribution is 0.0961. The van der Waals surface area contributed by atoms with E-state index in [9.17, 15) is 4.79 Å². The van der Waals surface area contributed by atoms with Crippen molar-refractivity contribution in [1.29, 1.82) is 0 Å². The van der Waals surface area contributed by atoms with Gasteiger partial charge in [-0.25, -0.2) is 0 Å². The Labute approximate surface area is 94.3 Å². The summed E-state index contributed by atoms with van der Waals surface area (Å²) in [4.78, 5) is 16.3. The molecule has 0 amide bonds. The summed E-state index contributed by atoms with van der Waals surface area (Å²) in [6.07, 6.45) is 2.33. The van der Waals surface area contributed by atoms with E-state index in [-0.39, 0.29) is 5.78 Å². The number of Topliss-reactive ketones (excluding diaryl/α,β-unsaturated/α-hetero) is 1. The second-order valence-corrected chi connectivity index (χ2v) is 3.76. The Balaban J connectivity index is 2.56. The van der Waals surface area contributed by atoms with Gasteiger partial charge in [0.15, 0.2) is 5.78 Å². The van der Waals surface area contributed by atoms with Gasteiger partial charge in [-0.2, -0.15) is 0 Å². The van der Waals surface area contributed by atoms with Crippen LogP contribution >= 0.6 is 0 Å². The van der Waals surface area contributed by atoms with E-state index in [0.717, 1.165) is 10.9 Å². The van der Waals surface area contributed by atoms with Gasteiger partial charge in [0.05, 0.1) is 11.6 Å². The molecule has 0 aliphatic rings. The molecule has 0 aliphatic heterocycles. The molecule has 3 nitrogen and oxygen atoms in total. The van der Waals surface area contributed by atoms with Gasteiger partial charge in [-0.05, 0) is 18.6 Å². The van der Waals surface area contributed by atoms with Crippen molar-refractivity contribution >= 4 is 16.7 Å². The van der Waals surface area contributed by atoms with E-state index >= 15 is 0 Å². The van der Waals surface area contributed by atoms with Crippen LogP contribution in [0.4, 0.5) is 0 Å². The quantitative estimate of drug-likeness (QED) is 0.796. The van der Waals surface area contributed by atoms with Crippen molar-refractivity contribution in [2.75, 3.05) is 0 Å². The SMILES string of the molecule is CCC(N)C(=O)c1cccc2cccnc12. The van der Waals surface area contributed by atoms with E-state index in [2.05, 4.69) is 4.98 Å². The molecule has 0 radical (unpaired) electrons. The van der Waals surface area contributed by atoms with E-state index in [4.69, 9.17) is 5.73 Å². The first-order valence-corrected chi connectivity index (χ1v) is 5.37. The Bertz CT molecular complexity index is 517. The van der Waals surface area contributed by atoms with Crippen LogP contribution < -0.4 is 5.73 Å². The first-order valence-electron chi connectivity index (χ1n) is 5.37. The number of nitrogens with two attached hydrogens (primary N) is 1. The Morgan fingerprint density at radius 3 is 2.88 bits per heavy atom. The van der Waals surface area contributed by atoms with Gasteiger partial charge in [-0.1, -0.05) is 25.1 Å². The average molecular weight is 214 g/mol. The van der Waals surface area contributed by atoms with Crippen LogP contribution in [0.2, 0.25) is 0 Å². The third kappa shape index (κ3) is 1.82. The second kappa shape index (κ2) is 4.41. The molecule has 16 heavy (non-hydrogen) atoms. The fraction of sp³-hybridized carbons (Fsp3) is 0.231. The third-order valence-corrected chi connectivity index (χ3v) is 2.67. The lowest BCUT2D eigenvalue weighted by Crippen LogP contribution is -2.29. The topological polar surface area (TPSA) is 56.0 Å². The summed E-state index contributed by atoms with van der Waals surface area (Å²) in [5, 5.41) is 0.969. The van der Waals surface area contributed by atoms with Crippen molar-refractivity contribution < 1.29 is 4.79 Å². The van der Waals surface area contributed by atoms with Crippen molar-refractivity contribution in [3.05, 3.63) is 42.1 Å². The molecule has 1 aromatic carbocycles.